The lowest BCUT2D eigenvalue weighted by atomic mass is 9.70. The quantitative estimate of drug-likeness (QED) is 0.867. The van der Waals surface area contributed by atoms with Gasteiger partial charge in [-0.1, -0.05) is 50.8 Å². The normalized spacial score (nSPS) is 15.5. The Balaban J connectivity index is 2.10. The zero-order valence-corrected chi connectivity index (χ0v) is 14.6. The molecule has 0 fully saturated rings. The zero-order chi connectivity index (χ0) is 18.2. The van der Waals surface area contributed by atoms with Crippen LogP contribution in [-0.4, -0.2) is 16.9 Å². The van der Waals surface area contributed by atoms with E-state index in [1.54, 1.807) is 6.08 Å². The Morgan fingerprint density at radius 1 is 1.20 bits per heavy atom. The summed E-state index contributed by atoms with van der Waals surface area (Å²) in [6.45, 7) is 8.23. The Hall–Kier alpha value is -2.68. The molecule has 3 heteroatoms. The van der Waals surface area contributed by atoms with Crippen LogP contribution in [0.3, 0.4) is 0 Å². The molecule has 0 aromatic heterocycles. The molecular formula is C22H22O3. The summed E-state index contributed by atoms with van der Waals surface area (Å²) in [6, 6.07) is 11.7. The van der Waals surface area contributed by atoms with E-state index in [2.05, 4.69) is 26.5 Å². The van der Waals surface area contributed by atoms with Crippen LogP contribution in [0.4, 0.5) is 0 Å². The number of hydrogen-bond acceptors (Lipinski definition) is 2. The molecule has 0 unspecified atom stereocenters. The molecular weight excluding hydrogens is 312 g/mol. The van der Waals surface area contributed by atoms with Crippen LogP contribution in [0.25, 0.3) is 17.2 Å². The fourth-order valence-corrected chi connectivity index (χ4v) is 3.51. The van der Waals surface area contributed by atoms with E-state index in [0.29, 0.717) is 6.42 Å². The third-order valence-electron chi connectivity index (χ3n) is 5.02. The number of hydrogen-bond donors (Lipinski definition) is 1. The van der Waals surface area contributed by atoms with Crippen LogP contribution < -0.4 is 0 Å². The number of benzene rings is 2. The van der Waals surface area contributed by atoms with Crippen molar-refractivity contribution in [3.8, 4) is 11.1 Å². The summed E-state index contributed by atoms with van der Waals surface area (Å²) in [5, 5.41) is 8.89. The van der Waals surface area contributed by atoms with Crippen molar-refractivity contribution in [3.05, 3.63) is 65.2 Å². The largest absolute Gasteiger partial charge is 0.481 e. The summed E-state index contributed by atoms with van der Waals surface area (Å²) < 4.78 is 0. The van der Waals surface area contributed by atoms with Gasteiger partial charge in [0.25, 0.3) is 0 Å². The molecule has 0 radical (unpaired) electrons. The maximum atomic E-state index is 12.4. The highest BCUT2D eigenvalue weighted by molar-refractivity contribution is 6.03. The number of ketones is 1. The second-order valence-corrected chi connectivity index (χ2v) is 7.27. The lowest BCUT2D eigenvalue weighted by Gasteiger charge is -2.33. The van der Waals surface area contributed by atoms with Crippen LogP contribution in [0.2, 0.25) is 0 Å². The molecule has 1 aliphatic carbocycles. The summed E-state index contributed by atoms with van der Waals surface area (Å²) in [7, 11) is 0. The van der Waals surface area contributed by atoms with Crippen molar-refractivity contribution >= 4 is 17.8 Å². The van der Waals surface area contributed by atoms with Gasteiger partial charge >= 0.3 is 5.97 Å². The van der Waals surface area contributed by atoms with Crippen LogP contribution in [0.15, 0.2) is 43.0 Å². The van der Waals surface area contributed by atoms with Gasteiger partial charge in [0.1, 0.15) is 0 Å². The number of carbonyl (C=O) groups excluding carboxylic acids is 1. The number of rotatable bonds is 4. The molecule has 0 amide bonds. The molecule has 1 N–H and O–H groups in total. The van der Waals surface area contributed by atoms with Gasteiger partial charge in [-0.2, -0.15) is 0 Å². The molecule has 0 spiro atoms. The van der Waals surface area contributed by atoms with Crippen molar-refractivity contribution in [2.24, 2.45) is 0 Å². The number of Topliss-reactive ketones (excluding diaryl/α,β-unsaturated/α-hetero) is 1. The third-order valence-corrected chi connectivity index (χ3v) is 5.02. The van der Waals surface area contributed by atoms with E-state index in [4.69, 9.17) is 5.11 Å². The fourth-order valence-electron chi connectivity index (χ4n) is 3.51. The summed E-state index contributed by atoms with van der Waals surface area (Å²) in [6.07, 6.45) is 3.19. The first-order valence-corrected chi connectivity index (χ1v) is 8.47. The van der Waals surface area contributed by atoms with Crippen LogP contribution in [0.5, 0.6) is 0 Å². The Morgan fingerprint density at radius 3 is 2.48 bits per heavy atom. The van der Waals surface area contributed by atoms with Crippen molar-refractivity contribution in [1.82, 2.24) is 0 Å². The average Bonchev–Trinajstić information content (AvgIpc) is 2.58. The number of carboxylic acids is 1. The lowest BCUT2D eigenvalue weighted by Crippen LogP contribution is -2.28. The highest BCUT2D eigenvalue weighted by atomic mass is 16.4. The Bertz CT molecular complexity index is 858. The first-order chi connectivity index (χ1) is 11.8. The van der Waals surface area contributed by atoms with E-state index in [1.807, 2.05) is 30.3 Å². The molecule has 0 aliphatic heterocycles. The maximum absolute atomic E-state index is 12.4. The molecule has 128 valence electrons. The van der Waals surface area contributed by atoms with E-state index >= 15 is 0 Å². The second kappa shape index (κ2) is 6.32. The summed E-state index contributed by atoms with van der Waals surface area (Å²) >= 11 is 0. The first kappa shape index (κ1) is 17.2. The zero-order valence-electron chi connectivity index (χ0n) is 14.6. The van der Waals surface area contributed by atoms with Crippen LogP contribution in [-0.2, 0) is 16.6 Å². The lowest BCUT2D eigenvalue weighted by molar-refractivity contribution is -0.136. The summed E-state index contributed by atoms with van der Waals surface area (Å²) in [4.78, 5) is 23.3. The molecule has 0 bridgehead atoms. The number of carbonyl (C=O) groups is 2. The maximum Gasteiger partial charge on any atom is 0.307 e. The molecule has 0 heterocycles. The molecule has 3 nitrogen and oxygen atoms in total. The van der Waals surface area contributed by atoms with E-state index in [1.165, 1.54) is 0 Å². The minimum absolute atomic E-state index is 0.0178. The smallest absolute Gasteiger partial charge is 0.307 e. The highest BCUT2D eigenvalue weighted by Gasteiger charge is 2.33. The standard InChI is InChI=1S/C22H22O3/c1-4-15-12-17(16-7-5-14(6-8-16)11-20(24)25)13-18-21(15)19(23)9-10-22(18,2)3/h4-8,12-13H,1,9-11H2,2-3H3,(H,24,25). The van der Waals surface area contributed by atoms with E-state index < -0.39 is 5.97 Å². The molecule has 2 aromatic carbocycles. The number of fused-ring (bicyclic) bond motifs is 1. The Kier molecular flexibility index (Phi) is 4.34. The fraction of sp³-hybridized carbons (Fsp3) is 0.273. The summed E-state index contributed by atoms with van der Waals surface area (Å²) in [5.74, 6) is -0.650. The van der Waals surface area contributed by atoms with E-state index in [0.717, 1.165) is 39.8 Å². The molecule has 0 atom stereocenters. The van der Waals surface area contributed by atoms with Gasteiger partial charge in [-0.05, 0) is 51.8 Å². The van der Waals surface area contributed by atoms with Gasteiger partial charge in [0, 0.05) is 12.0 Å². The highest BCUT2D eigenvalue weighted by Crippen LogP contribution is 2.40. The topological polar surface area (TPSA) is 54.4 Å². The Morgan fingerprint density at radius 2 is 1.88 bits per heavy atom. The summed E-state index contributed by atoms with van der Waals surface area (Å²) in [5.41, 5.74) is 5.50. The predicted molar refractivity (Wildman–Crippen MR) is 99.9 cm³/mol. The third kappa shape index (κ3) is 3.27. The van der Waals surface area contributed by atoms with Crippen molar-refractivity contribution in [2.75, 3.05) is 0 Å². The Labute approximate surface area is 148 Å². The molecule has 2 aromatic rings. The minimum Gasteiger partial charge on any atom is -0.481 e. The molecule has 1 aliphatic rings. The molecule has 3 rings (SSSR count). The van der Waals surface area contributed by atoms with Gasteiger partial charge in [-0.15, -0.1) is 0 Å². The van der Waals surface area contributed by atoms with E-state index in [-0.39, 0.29) is 17.6 Å². The second-order valence-electron chi connectivity index (χ2n) is 7.27. The van der Waals surface area contributed by atoms with Gasteiger partial charge < -0.3 is 5.11 Å². The van der Waals surface area contributed by atoms with Crippen LogP contribution in [0.1, 0.15) is 53.7 Å². The van der Waals surface area contributed by atoms with Crippen molar-refractivity contribution in [1.29, 1.82) is 0 Å². The predicted octanol–water partition coefficient (Wildman–Crippen LogP) is 4.88. The van der Waals surface area contributed by atoms with Gasteiger partial charge in [0.15, 0.2) is 5.78 Å². The SMILES string of the molecule is C=Cc1cc(-c2ccc(CC(=O)O)cc2)cc2c1C(=O)CCC2(C)C. The molecule has 0 saturated heterocycles. The van der Waals surface area contributed by atoms with Crippen molar-refractivity contribution in [3.63, 3.8) is 0 Å². The monoisotopic (exact) mass is 334 g/mol. The average molecular weight is 334 g/mol. The molecule has 25 heavy (non-hydrogen) atoms. The first-order valence-electron chi connectivity index (χ1n) is 8.47. The van der Waals surface area contributed by atoms with E-state index in [9.17, 15) is 9.59 Å². The van der Waals surface area contributed by atoms with Crippen LogP contribution in [0, 0.1) is 0 Å². The van der Waals surface area contributed by atoms with Gasteiger partial charge in [-0.3, -0.25) is 9.59 Å². The van der Waals surface area contributed by atoms with Crippen molar-refractivity contribution in [2.45, 2.75) is 38.5 Å². The van der Waals surface area contributed by atoms with Crippen molar-refractivity contribution < 1.29 is 14.7 Å². The number of aliphatic carboxylic acids is 1. The van der Waals surface area contributed by atoms with Gasteiger partial charge in [0.05, 0.1) is 6.42 Å². The minimum atomic E-state index is -0.837. The molecule has 0 saturated carbocycles. The van der Waals surface area contributed by atoms with Gasteiger partial charge in [0.2, 0.25) is 0 Å². The van der Waals surface area contributed by atoms with Crippen LogP contribution >= 0.6 is 0 Å². The van der Waals surface area contributed by atoms with Gasteiger partial charge in [-0.25, -0.2) is 0 Å². The number of carboxylic acid groups (broad SMARTS) is 1.